The van der Waals surface area contributed by atoms with E-state index in [1.807, 2.05) is 0 Å². The fraction of sp³-hybridized carbons (Fsp3) is 1.00. The molecule has 0 aromatic heterocycles. The van der Waals surface area contributed by atoms with Crippen LogP contribution in [0.25, 0.3) is 0 Å². The lowest BCUT2D eigenvalue weighted by molar-refractivity contribution is -0.0335. The predicted octanol–water partition coefficient (Wildman–Crippen LogP) is -0.358. The van der Waals surface area contributed by atoms with E-state index < -0.39 is 0 Å². The highest BCUT2D eigenvalue weighted by Crippen LogP contribution is 2.27. The Morgan fingerprint density at radius 1 is 1.42 bits per heavy atom. The maximum absolute atomic E-state index is 5.67. The van der Waals surface area contributed by atoms with Gasteiger partial charge >= 0.3 is 0 Å². The summed E-state index contributed by atoms with van der Waals surface area (Å²) in [4.78, 5) is 0. The average Bonchev–Trinajstić information content (AvgIpc) is 2.29. The fourth-order valence-electron chi connectivity index (χ4n) is 1.75. The van der Waals surface area contributed by atoms with Crippen molar-refractivity contribution in [2.24, 2.45) is 5.92 Å². The molecule has 0 spiro atoms. The fourth-order valence-corrected chi connectivity index (χ4v) is 1.75. The molecule has 0 saturated carbocycles. The number of hydrogen-bond donors (Lipinski definition) is 0. The first-order valence-electron chi connectivity index (χ1n) is 4.38. The molecule has 0 aromatic carbocycles. The maximum Gasteiger partial charge on any atom is 0.139 e. The molecule has 1 saturated heterocycles. The topological polar surface area (TPSA) is 27.7 Å². The molecule has 0 aliphatic carbocycles. The lowest BCUT2D eigenvalue weighted by Crippen LogP contribution is -2.31. The predicted molar refractivity (Wildman–Crippen MR) is 49.0 cm³/mol. The minimum atomic E-state index is 0.102. The molecule has 4 atom stereocenters. The summed E-state index contributed by atoms with van der Waals surface area (Å²) < 4.78 is 16.1. The van der Waals surface area contributed by atoms with Gasteiger partial charge in [-0.25, -0.2) is 0 Å². The van der Waals surface area contributed by atoms with Crippen LogP contribution in [0.3, 0.4) is 0 Å². The highest BCUT2D eigenvalue weighted by molar-refractivity contribution is 6.11. The minimum absolute atomic E-state index is 0.102. The Hall–Kier alpha value is -0.0551. The molecule has 12 heavy (non-hydrogen) atoms. The summed E-state index contributed by atoms with van der Waals surface area (Å²) in [6.07, 6.45) is 0.282. The van der Waals surface area contributed by atoms with E-state index in [-0.39, 0.29) is 18.2 Å². The van der Waals surface area contributed by atoms with Crippen LogP contribution in [0.5, 0.6) is 0 Å². The summed E-state index contributed by atoms with van der Waals surface area (Å²) >= 11 is 0. The van der Waals surface area contributed by atoms with Crippen LogP contribution in [0.1, 0.15) is 6.92 Å². The first-order valence-corrected chi connectivity index (χ1v) is 4.38. The maximum atomic E-state index is 5.67. The van der Waals surface area contributed by atoms with Crippen molar-refractivity contribution in [3.05, 3.63) is 0 Å². The van der Waals surface area contributed by atoms with E-state index in [4.69, 9.17) is 14.2 Å². The van der Waals surface area contributed by atoms with Crippen LogP contribution in [-0.2, 0) is 14.2 Å². The molecule has 1 fully saturated rings. The standard InChI is InChI=1S/C8H17BO3/c1-5-7(11-3)6(4-10-2)12-8(5)9/h5-8H,4,9H2,1-3H3/t5-,6+,7-,8+/m0/s1. The Labute approximate surface area is 74.8 Å². The molecular weight excluding hydrogens is 155 g/mol. The molecule has 0 radical (unpaired) electrons. The van der Waals surface area contributed by atoms with Crippen molar-refractivity contribution < 1.29 is 14.2 Å². The summed E-state index contributed by atoms with van der Waals surface area (Å²) in [5, 5.41) is 0. The van der Waals surface area contributed by atoms with Gasteiger partial charge in [0, 0.05) is 26.1 Å². The molecule has 1 aliphatic rings. The van der Waals surface area contributed by atoms with Crippen molar-refractivity contribution in [1.82, 2.24) is 0 Å². The van der Waals surface area contributed by atoms with Gasteiger partial charge in [0.1, 0.15) is 14.0 Å². The first-order chi connectivity index (χ1) is 5.70. The molecule has 3 nitrogen and oxygen atoms in total. The smallest absolute Gasteiger partial charge is 0.139 e. The van der Waals surface area contributed by atoms with Crippen LogP contribution in [0.2, 0.25) is 0 Å². The van der Waals surface area contributed by atoms with Crippen LogP contribution in [0.4, 0.5) is 0 Å². The van der Waals surface area contributed by atoms with E-state index in [2.05, 4.69) is 14.8 Å². The quantitative estimate of drug-likeness (QED) is 0.544. The van der Waals surface area contributed by atoms with E-state index in [0.29, 0.717) is 12.5 Å². The molecule has 70 valence electrons. The van der Waals surface area contributed by atoms with Crippen LogP contribution in [0.15, 0.2) is 0 Å². The lowest BCUT2D eigenvalue weighted by Gasteiger charge is -2.18. The van der Waals surface area contributed by atoms with Gasteiger partial charge in [-0.2, -0.15) is 0 Å². The van der Waals surface area contributed by atoms with Gasteiger partial charge in [-0.1, -0.05) is 6.92 Å². The van der Waals surface area contributed by atoms with Crippen LogP contribution < -0.4 is 0 Å². The largest absolute Gasteiger partial charge is 0.382 e. The van der Waals surface area contributed by atoms with Gasteiger partial charge in [0.2, 0.25) is 0 Å². The Morgan fingerprint density at radius 3 is 2.58 bits per heavy atom. The zero-order valence-corrected chi connectivity index (χ0v) is 8.24. The number of hydrogen-bond acceptors (Lipinski definition) is 3. The molecule has 0 amide bonds. The molecule has 0 N–H and O–H groups in total. The molecule has 1 rings (SSSR count). The highest BCUT2D eigenvalue weighted by Gasteiger charge is 2.39. The minimum Gasteiger partial charge on any atom is -0.382 e. The molecule has 1 aliphatic heterocycles. The van der Waals surface area contributed by atoms with Gasteiger partial charge in [0.25, 0.3) is 0 Å². The van der Waals surface area contributed by atoms with Crippen molar-refractivity contribution in [1.29, 1.82) is 0 Å². The van der Waals surface area contributed by atoms with Crippen molar-refractivity contribution in [2.75, 3.05) is 20.8 Å². The van der Waals surface area contributed by atoms with Gasteiger partial charge in [0.15, 0.2) is 0 Å². The molecule has 0 bridgehead atoms. The average molecular weight is 172 g/mol. The van der Waals surface area contributed by atoms with Gasteiger partial charge in [-0.15, -0.1) is 0 Å². The molecular formula is C8H17BO3. The second-order valence-electron chi connectivity index (χ2n) is 3.39. The third-order valence-corrected chi connectivity index (χ3v) is 2.62. The number of rotatable bonds is 3. The zero-order valence-electron chi connectivity index (χ0n) is 8.24. The summed E-state index contributed by atoms with van der Waals surface area (Å²) in [7, 11) is 5.49. The Kier molecular flexibility index (Phi) is 3.56. The Bertz CT molecular complexity index is 142. The van der Waals surface area contributed by atoms with Crippen molar-refractivity contribution >= 4 is 7.85 Å². The Balaban J connectivity index is 2.52. The molecule has 0 unspecified atom stereocenters. The van der Waals surface area contributed by atoms with Crippen LogP contribution in [0, 0.1) is 5.92 Å². The summed E-state index contributed by atoms with van der Waals surface area (Å²) in [6, 6.07) is 0.273. The SMILES string of the molecule is B[C@@H]1O[C@H](COC)[C@@H](OC)[C@@H]1C. The first kappa shape index (κ1) is 10.0. The second-order valence-corrected chi connectivity index (χ2v) is 3.39. The van der Waals surface area contributed by atoms with E-state index >= 15 is 0 Å². The van der Waals surface area contributed by atoms with E-state index in [0.717, 1.165) is 0 Å². The second kappa shape index (κ2) is 4.26. The van der Waals surface area contributed by atoms with Crippen LogP contribution >= 0.6 is 0 Å². The summed E-state index contributed by atoms with van der Waals surface area (Å²) in [5.74, 6) is 0.454. The van der Waals surface area contributed by atoms with Crippen molar-refractivity contribution in [3.63, 3.8) is 0 Å². The molecule has 0 aromatic rings. The third-order valence-electron chi connectivity index (χ3n) is 2.62. The van der Waals surface area contributed by atoms with Gasteiger partial charge in [0.05, 0.1) is 12.7 Å². The molecule has 1 heterocycles. The van der Waals surface area contributed by atoms with Crippen LogP contribution in [-0.4, -0.2) is 46.9 Å². The normalized spacial score (nSPS) is 41.9. The van der Waals surface area contributed by atoms with E-state index in [9.17, 15) is 0 Å². The third kappa shape index (κ3) is 1.81. The number of ether oxygens (including phenoxy) is 3. The lowest BCUT2D eigenvalue weighted by atomic mass is 9.86. The Morgan fingerprint density at radius 2 is 2.08 bits per heavy atom. The van der Waals surface area contributed by atoms with Crippen molar-refractivity contribution in [3.8, 4) is 0 Å². The van der Waals surface area contributed by atoms with E-state index in [1.165, 1.54) is 0 Å². The summed E-state index contributed by atoms with van der Waals surface area (Å²) in [6.45, 7) is 2.77. The zero-order chi connectivity index (χ0) is 9.14. The van der Waals surface area contributed by atoms with Gasteiger partial charge in [-0.05, 0) is 0 Å². The monoisotopic (exact) mass is 172 g/mol. The molecule has 4 heteroatoms. The van der Waals surface area contributed by atoms with Gasteiger partial charge in [-0.3, -0.25) is 0 Å². The van der Waals surface area contributed by atoms with Gasteiger partial charge < -0.3 is 14.2 Å². The van der Waals surface area contributed by atoms with E-state index in [1.54, 1.807) is 14.2 Å². The highest BCUT2D eigenvalue weighted by atomic mass is 16.6. The number of methoxy groups -OCH3 is 2. The summed E-state index contributed by atoms with van der Waals surface area (Å²) in [5.41, 5.74) is 0. The van der Waals surface area contributed by atoms with Crippen molar-refractivity contribution in [2.45, 2.75) is 25.1 Å².